The van der Waals surface area contributed by atoms with Crippen molar-refractivity contribution in [1.29, 1.82) is 0 Å². The van der Waals surface area contributed by atoms with Crippen LogP contribution >= 0.6 is 0 Å². The van der Waals surface area contributed by atoms with Crippen LogP contribution in [0.25, 0.3) is 0 Å². The van der Waals surface area contributed by atoms with Gasteiger partial charge >= 0.3 is 6.18 Å². The molecule has 1 aromatic rings. The summed E-state index contributed by atoms with van der Waals surface area (Å²) in [6, 6.07) is 1.66. The Morgan fingerprint density at radius 3 is 2.65 bits per heavy atom. The molecule has 0 atom stereocenters. The van der Waals surface area contributed by atoms with Gasteiger partial charge in [-0.05, 0) is 12.5 Å². The summed E-state index contributed by atoms with van der Waals surface area (Å²) >= 11 is 0. The minimum Gasteiger partial charge on any atom is -0.384 e. The number of nitrogens with zero attached hydrogens (tertiary/aromatic N) is 2. The number of alkyl halides is 3. The maximum absolute atomic E-state index is 12.2. The van der Waals surface area contributed by atoms with Crippen molar-refractivity contribution < 1.29 is 13.2 Å². The van der Waals surface area contributed by atoms with Crippen molar-refractivity contribution in [1.82, 2.24) is 4.98 Å². The van der Waals surface area contributed by atoms with Gasteiger partial charge in [0.05, 0.1) is 23.8 Å². The molecular formula is C11H16F3N3. The van der Waals surface area contributed by atoms with E-state index in [1.807, 2.05) is 6.92 Å². The van der Waals surface area contributed by atoms with E-state index in [1.165, 1.54) is 13.2 Å². The summed E-state index contributed by atoms with van der Waals surface area (Å²) < 4.78 is 36.7. The smallest absolute Gasteiger partial charge is 0.384 e. The summed E-state index contributed by atoms with van der Waals surface area (Å²) in [5.74, 6) is 0. The Balaban J connectivity index is 2.70. The van der Waals surface area contributed by atoms with Gasteiger partial charge in [-0.1, -0.05) is 6.92 Å². The Morgan fingerprint density at radius 2 is 2.06 bits per heavy atom. The van der Waals surface area contributed by atoms with Crippen LogP contribution in [0.2, 0.25) is 0 Å². The zero-order valence-electron chi connectivity index (χ0n) is 9.88. The molecule has 1 heterocycles. The molecule has 0 saturated heterocycles. The van der Waals surface area contributed by atoms with E-state index in [4.69, 9.17) is 0 Å². The standard InChI is InChI=1S/C11H16F3N3/c1-3-4-16-9-5-10(7-15-6-9)17(2)8-11(12,13)14/h5-7,16H,3-4,8H2,1-2H3. The SMILES string of the molecule is CCCNc1cncc(N(C)CC(F)(F)F)c1. The number of hydrogen-bond donors (Lipinski definition) is 1. The number of nitrogens with one attached hydrogen (secondary N) is 1. The molecule has 0 spiro atoms. The van der Waals surface area contributed by atoms with Gasteiger partial charge in [0.2, 0.25) is 0 Å². The molecular weight excluding hydrogens is 231 g/mol. The first-order valence-electron chi connectivity index (χ1n) is 5.39. The molecule has 0 amide bonds. The predicted octanol–water partition coefficient (Wildman–Crippen LogP) is 2.90. The van der Waals surface area contributed by atoms with E-state index in [0.29, 0.717) is 5.69 Å². The molecule has 96 valence electrons. The second-order valence-electron chi connectivity index (χ2n) is 3.83. The number of pyridine rings is 1. The van der Waals surface area contributed by atoms with E-state index in [1.54, 1.807) is 12.3 Å². The highest BCUT2D eigenvalue weighted by atomic mass is 19.4. The molecule has 0 aliphatic heterocycles. The number of hydrogen-bond acceptors (Lipinski definition) is 3. The number of rotatable bonds is 5. The summed E-state index contributed by atoms with van der Waals surface area (Å²) in [4.78, 5) is 5.05. The predicted molar refractivity (Wildman–Crippen MR) is 62.3 cm³/mol. The monoisotopic (exact) mass is 247 g/mol. The van der Waals surface area contributed by atoms with E-state index in [9.17, 15) is 13.2 Å². The zero-order valence-corrected chi connectivity index (χ0v) is 9.88. The van der Waals surface area contributed by atoms with Gasteiger partial charge in [-0.3, -0.25) is 4.98 Å². The highest BCUT2D eigenvalue weighted by Crippen LogP contribution is 2.22. The first-order chi connectivity index (χ1) is 7.92. The van der Waals surface area contributed by atoms with Gasteiger partial charge < -0.3 is 10.2 Å². The highest BCUT2D eigenvalue weighted by molar-refractivity contribution is 5.55. The number of halogens is 3. The third-order valence-corrected chi connectivity index (χ3v) is 2.16. The lowest BCUT2D eigenvalue weighted by Crippen LogP contribution is -2.30. The molecule has 0 bridgehead atoms. The summed E-state index contributed by atoms with van der Waals surface area (Å²) in [7, 11) is 1.40. The van der Waals surface area contributed by atoms with Gasteiger partial charge in [0.15, 0.2) is 0 Å². The second kappa shape index (κ2) is 5.75. The van der Waals surface area contributed by atoms with Crippen molar-refractivity contribution in [3.8, 4) is 0 Å². The number of anilines is 2. The Morgan fingerprint density at radius 1 is 1.35 bits per heavy atom. The Kier molecular flexibility index (Phi) is 4.60. The Bertz CT molecular complexity index is 352. The quantitative estimate of drug-likeness (QED) is 0.867. The summed E-state index contributed by atoms with van der Waals surface area (Å²) in [6.07, 6.45) is -0.242. The maximum Gasteiger partial charge on any atom is 0.405 e. The number of aromatic nitrogens is 1. The van der Waals surface area contributed by atoms with Crippen molar-refractivity contribution in [2.45, 2.75) is 19.5 Å². The zero-order chi connectivity index (χ0) is 12.9. The molecule has 0 unspecified atom stereocenters. The molecule has 17 heavy (non-hydrogen) atoms. The summed E-state index contributed by atoms with van der Waals surface area (Å²) in [6.45, 7) is 1.81. The lowest BCUT2D eigenvalue weighted by molar-refractivity contribution is -0.119. The van der Waals surface area contributed by atoms with Crippen LogP contribution in [0.4, 0.5) is 24.5 Å². The molecule has 0 aromatic carbocycles. The minimum atomic E-state index is -4.21. The molecule has 1 aromatic heterocycles. The Hall–Kier alpha value is -1.46. The lowest BCUT2D eigenvalue weighted by atomic mass is 10.3. The van der Waals surface area contributed by atoms with Crippen LogP contribution in [-0.2, 0) is 0 Å². The van der Waals surface area contributed by atoms with Crippen molar-refractivity contribution in [3.05, 3.63) is 18.5 Å². The molecule has 0 saturated carbocycles. The molecule has 3 nitrogen and oxygen atoms in total. The molecule has 0 aliphatic rings. The summed E-state index contributed by atoms with van der Waals surface area (Å²) in [5, 5.41) is 3.08. The van der Waals surface area contributed by atoms with E-state index < -0.39 is 12.7 Å². The van der Waals surface area contributed by atoms with Crippen LogP contribution in [0.3, 0.4) is 0 Å². The van der Waals surface area contributed by atoms with Gasteiger partial charge in [-0.25, -0.2) is 0 Å². The topological polar surface area (TPSA) is 28.2 Å². The first kappa shape index (κ1) is 13.6. The van der Waals surface area contributed by atoms with Crippen molar-refractivity contribution in [2.75, 3.05) is 30.4 Å². The van der Waals surface area contributed by atoms with E-state index in [-0.39, 0.29) is 0 Å². The van der Waals surface area contributed by atoms with Crippen molar-refractivity contribution in [3.63, 3.8) is 0 Å². The molecule has 0 aliphatic carbocycles. The molecule has 1 rings (SSSR count). The van der Waals surface area contributed by atoms with Gasteiger partial charge in [0, 0.05) is 13.6 Å². The van der Waals surface area contributed by atoms with Crippen LogP contribution in [0.15, 0.2) is 18.5 Å². The van der Waals surface area contributed by atoms with Gasteiger partial charge in [0.25, 0.3) is 0 Å². The molecule has 0 radical (unpaired) electrons. The first-order valence-corrected chi connectivity index (χ1v) is 5.39. The van der Waals surface area contributed by atoms with Gasteiger partial charge in [0.1, 0.15) is 6.54 Å². The van der Waals surface area contributed by atoms with Crippen molar-refractivity contribution in [2.24, 2.45) is 0 Å². The van der Waals surface area contributed by atoms with Crippen LogP contribution in [-0.4, -0.2) is 31.3 Å². The third kappa shape index (κ3) is 4.93. The van der Waals surface area contributed by atoms with E-state index in [2.05, 4.69) is 10.3 Å². The van der Waals surface area contributed by atoms with Crippen LogP contribution in [0.5, 0.6) is 0 Å². The van der Waals surface area contributed by atoms with Crippen LogP contribution in [0, 0.1) is 0 Å². The van der Waals surface area contributed by atoms with Gasteiger partial charge in [-0.2, -0.15) is 13.2 Å². The van der Waals surface area contributed by atoms with E-state index >= 15 is 0 Å². The van der Waals surface area contributed by atoms with E-state index in [0.717, 1.165) is 23.6 Å². The minimum absolute atomic E-state index is 0.448. The lowest BCUT2D eigenvalue weighted by Gasteiger charge is -2.21. The molecule has 1 N–H and O–H groups in total. The largest absolute Gasteiger partial charge is 0.405 e. The second-order valence-corrected chi connectivity index (χ2v) is 3.83. The Labute approximate surface area is 98.6 Å². The van der Waals surface area contributed by atoms with Crippen LogP contribution in [0.1, 0.15) is 13.3 Å². The molecule has 0 fully saturated rings. The summed E-state index contributed by atoms with van der Waals surface area (Å²) in [5.41, 5.74) is 1.18. The average molecular weight is 247 g/mol. The third-order valence-electron chi connectivity index (χ3n) is 2.16. The molecule has 6 heteroatoms. The average Bonchev–Trinajstić information content (AvgIpc) is 2.24. The fourth-order valence-electron chi connectivity index (χ4n) is 1.36. The maximum atomic E-state index is 12.2. The highest BCUT2D eigenvalue weighted by Gasteiger charge is 2.29. The normalized spacial score (nSPS) is 11.4. The van der Waals surface area contributed by atoms with Crippen LogP contribution < -0.4 is 10.2 Å². The van der Waals surface area contributed by atoms with Crippen molar-refractivity contribution >= 4 is 11.4 Å². The fraction of sp³-hybridized carbons (Fsp3) is 0.545. The van der Waals surface area contributed by atoms with Gasteiger partial charge in [-0.15, -0.1) is 0 Å². The fourth-order valence-corrected chi connectivity index (χ4v) is 1.36.